The Morgan fingerprint density at radius 3 is 2.65 bits per heavy atom. The minimum Gasteiger partial charge on any atom is -0.361 e. The van der Waals surface area contributed by atoms with Crippen LogP contribution in [0.2, 0.25) is 0 Å². The maximum atomic E-state index is 13.4. The van der Waals surface area contributed by atoms with E-state index in [1.165, 1.54) is 42.0 Å². The number of nitrogens with zero attached hydrogens (tertiary/aromatic N) is 2. The van der Waals surface area contributed by atoms with Gasteiger partial charge < -0.3 is 10.3 Å². The van der Waals surface area contributed by atoms with Crippen molar-refractivity contribution in [2.75, 3.05) is 11.9 Å². The van der Waals surface area contributed by atoms with Crippen LogP contribution in [-0.4, -0.2) is 44.7 Å². The molecule has 2 aromatic carbocycles. The second-order valence-electron chi connectivity index (χ2n) is 9.03. The van der Waals surface area contributed by atoms with Gasteiger partial charge in [0, 0.05) is 35.8 Å². The molecule has 2 aliphatic rings. The Morgan fingerprint density at radius 1 is 1.06 bits per heavy atom. The summed E-state index contributed by atoms with van der Waals surface area (Å²) in [5.74, 6) is -0.157. The summed E-state index contributed by atoms with van der Waals surface area (Å²) in [7, 11) is 0. The number of para-hydroxylation sites is 2. The standard InChI is InChI=1S/C27H30N4O2S/c32-25(29-20-9-3-1-4-10-20)17-24-26(33)31(27(34-24)30-21-11-5-2-6-12-21)16-15-19-18-28-23-14-8-7-13-22(19)23/h1,3-4,7-10,13-14,18,21,24,28H,2,5-6,11-12,15-17H2,(H,29,32)/t24-/m1/s1. The van der Waals surface area contributed by atoms with Gasteiger partial charge in [0.2, 0.25) is 11.8 Å². The topological polar surface area (TPSA) is 77.6 Å². The summed E-state index contributed by atoms with van der Waals surface area (Å²) in [6, 6.07) is 17.9. The van der Waals surface area contributed by atoms with Crippen molar-refractivity contribution in [3.63, 3.8) is 0 Å². The normalized spacial score (nSPS) is 20.4. The van der Waals surface area contributed by atoms with Gasteiger partial charge >= 0.3 is 0 Å². The second-order valence-corrected chi connectivity index (χ2v) is 10.2. The van der Waals surface area contributed by atoms with Crippen molar-refractivity contribution in [3.05, 3.63) is 66.4 Å². The summed E-state index contributed by atoms with van der Waals surface area (Å²) in [6.07, 6.45) is 8.72. The van der Waals surface area contributed by atoms with Gasteiger partial charge in [0.05, 0.1) is 6.04 Å². The highest BCUT2D eigenvalue weighted by Crippen LogP contribution is 2.32. The number of anilines is 1. The average Bonchev–Trinajstić information content (AvgIpc) is 3.39. The molecule has 1 aliphatic carbocycles. The van der Waals surface area contributed by atoms with Crippen LogP contribution in [0.15, 0.2) is 65.8 Å². The van der Waals surface area contributed by atoms with Gasteiger partial charge in [-0.15, -0.1) is 0 Å². The van der Waals surface area contributed by atoms with Crippen LogP contribution in [0.1, 0.15) is 44.1 Å². The third-order valence-corrected chi connectivity index (χ3v) is 7.79. The average molecular weight is 475 g/mol. The van der Waals surface area contributed by atoms with Crippen LogP contribution in [0.4, 0.5) is 5.69 Å². The van der Waals surface area contributed by atoms with Gasteiger partial charge in [-0.2, -0.15) is 0 Å². The fourth-order valence-electron chi connectivity index (χ4n) is 4.78. The zero-order chi connectivity index (χ0) is 23.3. The smallest absolute Gasteiger partial charge is 0.242 e. The van der Waals surface area contributed by atoms with E-state index in [0.717, 1.165) is 35.6 Å². The van der Waals surface area contributed by atoms with E-state index in [1.807, 2.05) is 53.6 Å². The number of hydrogen-bond donors (Lipinski definition) is 2. The number of nitrogens with one attached hydrogen (secondary N) is 2. The Morgan fingerprint density at radius 2 is 1.82 bits per heavy atom. The van der Waals surface area contributed by atoms with Crippen LogP contribution < -0.4 is 5.32 Å². The lowest BCUT2D eigenvalue weighted by atomic mass is 9.96. The number of hydrogen-bond acceptors (Lipinski definition) is 4. The first kappa shape index (κ1) is 22.7. The zero-order valence-corrected chi connectivity index (χ0v) is 20.0. The van der Waals surface area contributed by atoms with E-state index in [1.54, 1.807) is 0 Å². The predicted molar refractivity (Wildman–Crippen MR) is 139 cm³/mol. The molecule has 1 atom stereocenters. The highest BCUT2D eigenvalue weighted by atomic mass is 32.2. The fourth-order valence-corrected chi connectivity index (χ4v) is 6.02. The van der Waals surface area contributed by atoms with Crippen molar-refractivity contribution in [1.29, 1.82) is 0 Å². The minimum atomic E-state index is -0.436. The predicted octanol–water partition coefficient (Wildman–Crippen LogP) is 5.37. The molecule has 1 saturated heterocycles. The SMILES string of the molecule is O=C(C[C@H]1SC(=NC2CCCCC2)N(CCc2c[nH]c3ccccc23)C1=O)Nc1ccccc1. The quantitative estimate of drug-likeness (QED) is 0.483. The largest absolute Gasteiger partial charge is 0.361 e. The van der Waals surface area contributed by atoms with Gasteiger partial charge in [-0.3, -0.25) is 19.5 Å². The third-order valence-electron chi connectivity index (χ3n) is 6.60. The molecule has 3 aromatic rings. The number of benzene rings is 2. The maximum absolute atomic E-state index is 13.4. The molecule has 1 aliphatic heterocycles. The van der Waals surface area contributed by atoms with Gasteiger partial charge in [-0.1, -0.05) is 67.4 Å². The van der Waals surface area contributed by atoms with Gasteiger partial charge in [0.1, 0.15) is 5.25 Å². The molecule has 2 N–H and O–H groups in total. The molecule has 2 fully saturated rings. The number of aromatic nitrogens is 1. The van der Waals surface area contributed by atoms with Crippen LogP contribution in [0.3, 0.4) is 0 Å². The molecular weight excluding hydrogens is 444 g/mol. The van der Waals surface area contributed by atoms with Crippen LogP contribution in [0.5, 0.6) is 0 Å². The summed E-state index contributed by atoms with van der Waals surface area (Å²) in [6.45, 7) is 0.566. The number of carbonyl (C=O) groups is 2. The number of H-pyrrole nitrogens is 1. The molecular formula is C27H30N4O2S. The summed E-state index contributed by atoms with van der Waals surface area (Å²) < 4.78 is 0. The zero-order valence-electron chi connectivity index (χ0n) is 19.2. The molecule has 6 nitrogen and oxygen atoms in total. The van der Waals surface area contributed by atoms with Crippen molar-refractivity contribution in [3.8, 4) is 0 Å². The first-order chi connectivity index (χ1) is 16.7. The number of fused-ring (bicyclic) bond motifs is 1. The van der Waals surface area contributed by atoms with Crippen molar-refractivity contribution < 1.29 is 9.59 Å². The molecule has 34 heavy (non-hydrogen) atoms. The van der Waals surface area contributed by atoms with E-state index in [9.17, 15) is 9.59 Å². The van der Waals surface area contributed by atoms with Crippen LogP contribution in [0, 0.1) is 0 Å². The minimum absolute atomic E-state index is 0.0115. The molecule has 1 saturated carbocycles. The fraction of sp³-hybridized carbons (Fsp3) is 0.370. The lowest BCUT2D eigenvalue weighted by molar-refractivity contribution is -0.128. The molecule has 0 bridgehead atoms. The van der Waals surface area contributed by atoms with E-state index in [0.29, 0.717) is 6.54 Å². The number of aromatic amines is 1. The highest BCUT2D eigenvalue weighted by Gasteiger charge is 2.39. The van der Waals surface area contributed by atoms with E-state index in [-0.39, 0.29) is 24.3 Å². The first-order valence-electron chi connectivity index (χ1n) is 12.1. The Balaban J connectivity index is 1.31. The molecule has 5 rings (SSSR count). The van der Waals surface area contributed by atoms with E-state index in [4.69, 9.17) is 4.99 Å². The van der Waals surface area contributed by atoms with E-state index in [2.05, 4.69) is 22.4 Å². The maximum Gasteiger partial charge on any atom is 0.242 e. The van der Waals surface area contributed by atoms with Gasteiger partial charge in [-0.05, 0) is 43.0 Å². The number of rotatable bonds is 7. The van der Waals surface area contributed by atoms with Crippen molar-refractivity contribution >= 4 is 45.3 Å². The highest BCUT2D eigenvalue weighted by molar-refractivity contribution is 8.15. The molecule has 0 spiro atoms. The number of carbonyl (C=O) groups excluding carboxylic acids is 2. The number of thioether (sulfide) groups is 1. The number of aliphatic imine (C=N–C) groups is 1. The summed E-state index contributed by atoms with van der Waals surface area (Å²) >= 11 is 1.46. The molecule has 2 heterocycles. The van der Waals surface area contributed by atoms with Crippen molar-refractivity contribution in [1.82, 2.24) is 9.88 Å². The monoisotopic (exact) mass is 474 g/mol. The molecule has 2 amide bonds. The van der Waals surface area contributed by atoms with Crippen LogP contribution in [0.25, 0.3) is 10.9 Å². The van der Waals surface area contributed by atoms with E-state index < -0.39 is 5.25 Å². The number of amidine groups is 1. The lowest BCUT2D eigenvalue weighted by Gasteiger charge is -2.21. The third kappa shape index (κ3) is 5.20. The Hall–Kier alpha value is -3.06. The van der Waals surface area contributed by atoms with E-state index >= 15 is 0 Å². The van der Waals surface area contributed by atoms with Crippen molar-refractivity contribution in [2.45, 2.75) is 56.2 Å². The molecule has 1 aromatic heterocycles. The first-order valence-corrected chi connectivity index (χ1v) is 13.0. The van der Waals surface area contributed by atoms with Crippen LogP contribution >= 0.6 is 11.8 Å². The molecule has 176 valence electrons. The van der Waals surface area contributed by atoms with Gasteiger partial charge in [0.25, 0.3) is 0 Å². The Bertz CT molecular complexity index is 1180. The Kier molecular flexibility index (Phi) is 7.00. The number of amides is 2. The summed E-state index contributed by atoms with van der Waals surface area (Å²) in [4.78, 5) is 36.2. The summed E-state index contributed by atoms with van der Waals surface area (Å²) in [5.41, 5.74) is 3.04. The summed E-state index contributed by atoms with van der Waals surface area (Å²) in [5, 5.41) is 4.44. The molecule has 0 unspecified atom stereocenters. The Labute approximate surface area is 204 Å². The van der Waals surface area contributed by atoms with Crippen molar-refractivity contribution in [2.24, 2.45) is 4.99 Å². The molecule has 7 heteroatoms. The second kappa shape index (κ2) is 10.5. The van der Waals surface area contributed by atoms with Crippen LogP contribution in [-0.2, 0) is 16.0 Å². The molecule has 0 radical (unpaired) electrons. The van der Waals surface area contributed by atoms with Gasteiger partial charge in [-0.25, -0.2) is 0 Å². The van der Waals surface area contributed by atoms with Gasteiger partial charge in [0.15, 0.2) is 5.17 Å². The lowest BCUT2D eigenvalue weighted by Crippen LogP contribution is -2.35.